The van der Waals surface area contributed by atoms with Gasteiger partial charge in [0.15, 0.2) is 0 Å². The van der Waals surface area contributed by atoms with Crippen LogP contribution in [-0.4, -0.2) is 31.3 Å². The zero-order chi connectivity index (χ0) is 12.3. The topological polar surface area (TPSA) is 43.4 Å². The van der Waals surface area contributed by atoms with Crippen molar-refractivity contribution in [1.82, 2.24) is 10.3 Å². The van der Waals surface area contributed by atoms with Gasteiger partial charge in [0, 0.05) is 13.2 Å². The van der Waals surface area contributed by atoms with E-state index in [-0.39, 0.29) is 0 Å². The molecule has 0 aliphatic carbocycles. The van der Waals surface area contributed by atoms with Crippen LogP contribution in [0.2, 0.25) is 0 Å². The molecule has 0 bridgehead atoms. The number of aromatic nitrogens is 1. The van der Waals surface area contributed by atoms with Crippen LogP contribution in [0.15, 0.2) is 18.3 Å². The van der Waals surface area contributed by atoms with Crippen LogP contribution in [0.4, 0.5) is 0 Å². The van der Waals surface area contributed by atoms with E-state index < -0.39 is 0 Å². The Balaban J connectivity index is 2.24. The molecule has 1 heterocycles. The van der Waals surface area contributed by atoms with Gasteiger partial charge in [0.2, 0.25) is 0 Å². The van der Waals surface area contributed by atoms with Crippen molar-refractivity contribution >= 4 is 0 Å². The van der Waals surface area contributed by atoms with Gasteiger partial charge in [-0.2, -0.15) is 0 Å². The number of nitrogens with one attached hydrogen (secondary N) is 1. The number of hydrogen-bond donors (Lipinski definition) is 1. The molecule has 1 aromatic rings. The van der Waals surface area contributed by atoms with Gasteiger partial charge in [0.05, 0.1) is 18.5 Å². The van der Waals surface area contributed by atoms with E-state index in [1.807, 2.05) is 19.1 Å². The second kappa shape index (κ2) is 8.96. The maximum atomic E-state index is 5.48. The Morgan fingerprint density at radius 3 is 2.76 bits per heavy atom. The molecule has 0 unspecified atom stereocenters. The summed E-state index contributed by atoms with van der Waals surface area (Å²) in [6.07, 6.45) is 2.90. The molecule has 0 aliphatic rings. The zero-order valence-corrected chi connectivity index (χ0v) is 10.7. The molecule has 17 heavy (non-hydrogen) atoms. The molecule has 1 N–H and O–H groups in total. The average Bonchev–Trinajstić information content (AvgIpc) is 2.37. The molecule has 0 saturated heterocycles. The van der Waals surface area contributed by atoms with Crippen molar-refractivity contribution in [3.05, 3.63) is 24.0 Å². The van der Waals surface area contributed by atoms with Gasteiger partial charge in [-0.05, 0) is 32.0 Å². The number of rotatable bonds is 9. The first-order chi connectivity index (χ1) is 8.36. The summed E-state index contributed by atoms with van der Waals surface area (Å²) in [7, 11) is 0. The standard InChI is InChI=1S/C13H22N2O2/c1-3-7-14-10-12-5-6-13(11-15-12)17-9-8-16-4-2/h5-6,11,14H,3-4,7-10H2,1-2H3. The summed E-state index contributed by atoms with van der Waals surface area (Å²) in [5.74, 6) is 0.795. The summed E-state index contributed by atoms with van der Waals surface area (Å²) < 4.78 is 10.7. The van der Waals surface area contributed by atoms with Crippen LogP contribution in [0.5, 0.6) is 5.75 Å². The Hall–Kier alpha value is -1.13. The van der Waals surface area contributed by atoms with Crippen LogP contribution in [0.3, 0.4) is 0 Å². The van der Waals surface area contributed by atoms with Gasteiger partial charge in [-0.25, -0.2) is 0 Å². The second-order valence-electron chi connectivity index (χ2n) is 3.71. The lowest BCUT2D eigenvalue weighted by molar-refractivity contribution is 0.110. The Morgan fingerprint density at radius 1 is 1.24 bits per heavy atom. The van der Waals surface area contributed by atoms with Gasteiger partial charge in [0.25, 0.3) is 0 Å². The highest BCUT2D eigenvalue weighted by molar-refractivity contribution is 5.19. The van der Waals surface area contributed by atoms with Gasteiger partial charge in [-0.3, -0.25) is 4.98 Å². The van der Waals surface area contributed by atoms with E-state index in [0.29, 0.717) is 13.2 Å². The number of nitrogens with zero attached hydrogens (tertiary/aromatic N) is 1. The fourth-order valence-electron chi connectivity index (χ4n) is 1.36. The summed E-state index contributed by atoms with van der Waals surface area (Å²) in [6.45, 7) is 7.87. The summed E-state index contributed by atoms with van der Waals surface area (Å²) in [4.78, 5) is 4.32. The molecule has 0 spiro atoms. The molecule has 96 valence electrons. The first-order valence-corrected chi connectivity index (χ1v) is 6.23. The van der Waals surface area contributed by atoms with Crippen LogP contribution in [0.25, 0.3) is 0 Å². The van der Waals surface area contributed by atoms with Crippen molar-refractivity contribution in [1.29, 1.82) is 0 Å². The smallest absolute Gasteiger partial charge is 0.137 e. The molecule has 0 radical (unpaired) electrons. The second-order valence-corrected chi connectivity index (χ2v) is 3.71. The minimum absolute atomic E-state index is 0.572. The van der Waals surface area contributed by atoms with Crippen LogP contribution >= 0.6 is 0 Å². The van der Waals surface area contributed by atoms with E-state index >= 15 is 0 Å². The Labute approximate surface area is 103 Å². The van der Waals surface area contributed by atoms with Crippen molar-refractivity contribution in [2.75, 3.05) is 26.4 Å². The SMILES string of the molecule is CCCNCc1ccc(OCCOCC)cn1. The molecular formula is C13H22N2O2. The quantitative estimate of drug-likeness (QED) is 0.668. The monoisotopic (exact) mass is 238 g/mol. The fraction of sp³-hybridized carbons (Fsp3) is 0.615. The van der Waals surface area contributed by atoms with Crippen molar-refractivity contribution in [3.8, 4) is 5.75 Å². The normalized spacial score (nSPS) is 10.5. The van der Waals surface area contributed by atoms with Crippen molar-refractivity contribution < 1.29 is 9.47 Å². The van der Waals surface area contributed by atoms with Gasteiger partial charge in [-0.1, -0.05) is 6.92 Å². The predicted octanol–water partition coefficient (Wildman–Crippen LogP) is 2.00. The van der Waals surface area contributed by atoms with Crippen LogP contribution in [0.1, 0.15) is 26.0 Å². The fourth-order valence-corrected chi connectivity index (χ4v) is 1.36. The first kappa shape index (κ1) is 13.9. The van der Waals surface area contributed by atoms with E-state index in [2.05, 4.69) is 17.2 Å². The van der Waals surface area contributed by atoms with E-state index in [4.69, 9.17) is 9.47 Å². The average molecular weight is 238 g/mol. The van der Waals surface area contributed by atoms with Crippen molar-refractivity contribution in [3.63, 3.8) is 0 Å². The van der Waals surface area contributed by atoms with Crippen LogP contribution < -0.4 is 10.1 Å². The highest BCUT2D eigenvalue weighted by Crippen LogP contribution is 2.08. The molecular weight excluding hydrogens is 216 g/mol. The third-order valence-electron chi connectivity index (χ3n) is 2.23. The molecule has 0 amide bonds. The zero-order valence-electron chi connectivity index (χ0n) is 10.7. The van der Waals surface area contributed by atoms with Crippen LogP contribution in [0, 0.1) is 0 Å². The third-order valence-corrected chi connectivity index (χ3v) is 2.23. The Morgan fingerprint density at radius 2 is 2.12 bits per heavy atom. The molecule has 0 aromatic carbocycles. The largest absolute Gasteiger partial charge is 0.490 e. The number of ether oxygens (including phenoxy) is 2. The summed E-state index contributed by atoms with van der Waals surface area (Å²) in [6, 6.07) is 3.93. The summed E-state index contributed by atoms with van der Waals surface area (Å²) >= 11 is 0. The molecule has 0 fully saturated rings. The van der Waals surface area contributed by atoms with E-state index in [9.17, 15) is 0 Å². The van der Waals surface area contributed by atoms with Gasteiger partial charge in [0.1, 0.15) is 12.4 Å². The third kappa shape index (κ3) is 6.24. The van der Waals surface area contributed by atoms with E-state index in [0.717, 1.165) is 37.6 Å². The highest BCUT2D eigenvalue weighted by atomic mass is 16.5. The molecule has 1 aromatic heterocycles. The van der Waals surface area contributed by atoms with E-state index in [1.165, 1.54) is 0 Å². The van der Waals surface area contributed by atoms with Crippen molar-refractivity contribution in [2.45, 2.75) is 26.8 Å². The lowest BCUT2D eigenvalue weighted by Crippen LogP contribution is -2.14. The maximum Gasteiger partial charge on any atom is 0.137 e. The maximum absolute atomic E-state index is 5.48. The van der Waals surface area contributed by atoms with Crippen LogP contribution in [-0.2, 0) is 11.3 Å². The molecule has 0 atom stereocenters. The van der Waals surface area contributed by atoms with E-state index in [1.54, 1.807) is 6.20 Å². The molecule has 0 saturated carbocycles. The summed E-state index contributed by atoms with van der Waals surface area (Å²) in [5.41, 5.74) is 1.04. The molecule has 1 rings (SSSR count). The Kier molecular flexibility index (Phi) is 7.34. The number of hydrogen-bond acceptors (Lipinski definition) is 4. The van der Waals surface area contributed by atoms with Gasteiger partial charge < -0.3 is 14.8 Å². The minimum Gasteiger partial charge on any atom is -0.490 e. The highest BCUT2D eigenvalue weighted by Gasteiger charge is 1.96. The minimum atomic E-state index is 0.572. The summed E-state index contributed by atoms with van der Waals surface area (Å²) in [5, 5.41) is 3.31. The van der Waals surface area contributed by atoms with Gasteiger partial charge in [-0.15, -0.1) is 0 Å². The van der Waals surface area contributed by atoms with Gasteiger partial charge >= 0.3 is 0 Å². The number of pyridine rings is 1. The molecule has 4 nitrogen and oxygen atoms in total. The lowest BCUT2D eigenvalue weighted by Gasteiger charge is -2.07. The molecule has 0 aliphatic heterocycles. The van der Waals surface area contributed by atoms with Crippen molar-refractivity contribution in [2.24, 2.45) is 0 Å². The predicted molar refractivity (Wildman–Crippen MR) is 68.2 cm³/mol. The first-order valence-electron chi connectivity index (χ1n) is 6.23. The Bertz CT molecular complexity index is 288. The molecule has 4 heteroatoms. The lowest BCUT2D eigenvalue weighted by atomic mass is 10.3.